The SMILES string of the molecule is CC(C)N(C(=O)O/C=C\[C@H](CCOC1CCCCO1)[C@H](O)[C@@H](C)[C@@H](CO[Si](C(C)C)(C(C)C)C(C)C)O[Si](C(C)C)(C(C)C)C(C)C)C(C)C. The Bertz CT molecular complexity index is 927. The van der Waals surface area contributed by atoms with Gasteiger partial charge in [-0.15, -0.1) is 0 Å². The molecule has 0 radical (unpaired) electrons. The predicted octanol–water partition coefficient (Wildman–Crippen LogP) is 11.1. The van der Waals surface area contributed by atoms with E-state index >= 15 is 0 Å². The van der Waals surface area contributed by atoms with Gasteiger partial charge in [-0.1, -0.05) is 90.0 Å². The van der Waals surface area contributed by atoms with Crippen LogP contribution in [0.5, 0.6) is 0 Å². The second-order valence-corrected chi connectivity index (χ2v) is 28.2. The molecule has 1 saturated heterocycles. The Balaban J connectivity index is 3.57. The molecule has 1 N–H and O–H groups in total. The summed E-state index contributed by atoms with van der Waals surface area (Å²) in [6, 6.07) is 0.00852. The lowest BCUT2D eigenvalue weighted by Gasteiger charge is -2.48. The van der Waals surface area contributed by atoms with E-state index < -0.39 is 28.8 Å². The van der Waals surface area contributed by atoms with Crippen LogP contribution in [0.2, 0.25) is 33.2 Å². The number of aliphatic hydroxyl groups is 1. The van der Waals surface area contributed by atoms with Gasteiger partial charge in [0, 0.05) is 30.5 Å². The van der Waals surface area contributed by atoms with E-state index in [4.69, 9.17) is 23.1 Å². The number of rotatable bonds is 22. The summed E-state index contributed by atoms with van der Waals surface area (Å²) in [5, 5.41) is 12.3. The van der Waals surface area contributed by atoms with Crippen LogP contribution in [0, 0.1) is 11.8 Å². The average Bonchev–Trinajstić information content (AvgIpc) is 3.00. The number of hydrogen-bond acceptors (Lipinski definition) is 7. The van der Waals surface area contributed by atoms with Crippen molar-refractivity contribution in [1.82, 2.24) is 4.90 Å². The van der Waals surface area contributed by atoms with E-state index in [9.17, 15) is 9.90 Å². The third kappa shape index (κ3) is 12.4. The second-order valence-electron chi connectivity index (χ2n) is 17.4. The number of ether oxygens (including phenoxy) is 3. The van der Waals surface area contributed by atoms with Crippen LogP contribution in [0.25, 0.3) is 0 Å². The maximum atomic E-state index is 13.1. The predicted molar refractivity (Wildman–Crippen MR) is 213 cm³/mol. The number of nitrogens with zero attached hydrogens (tertiary/aromatic N) is 1. The highest BCUT2D eigenvalue weighted by atomic mass is 28.4. The van der Waals surface area contributed by atoms with E-state index in [1.807, 2.05) is 33.8 Å². The Hall–Kier alpha value is -0.756. The molecule has 50 heavy (non-hydrogen) atoms. The van der Waals surface area contributed by atoms with Gasteiger partial charge < -0.3 is 33.1 Å². The zero-order valence-electron chi connectivity index (χ0n) is 35.5. The smallest absolute Gasteiger partial charge is 0.415 e. The highest BCUT2D eigenvalue weighted by Crippen LogP contribution is 2.46. The molecular weight excluding hydrogens is 663 g/mol. The van der Waals surface area contributed by atoms with Crippen LogP contribution >= 0.6 is 0 Å². The van der Waals surface area contributed by atoms with Crippen LogP contribution < -0.4 is 0 Å². The van der Waals surface area contributed by atoms with Crippen molar-refractivity contribution in [2.75, 3.05) is 19.8 Å². The standard InChI is InChI=1S/C40H81NO7Si2/c1-27(2)41(28(3)4)40(43)46-25-22-36(21-24-45-38-20-18-19-23-44-38)39(42)35(17)37(48-50(32(11)12,33(13)14)34(15)16)26-47-49(29(5)6,30(7)8)31(9)10/h22,25,27-39,42H,18-21,23-24,26H2,1-17H3/b25-22-/t35-,36-,37+,38?,39+/m0/s1. The molecule has 10 heteroatoms. The molecule has 0 aromatic carbocycles. The van der Waals surface area contributed by atoms with Gasteiger partial charge in [0.2, 0.25) is 8.32 Å². The van der Waals surface area contributed by atoms with E-state index in [2.05, 4.69) is 90.0 Å². The molecule has 0 bridgehead atoms. The number of hydrogen-bond donors (Lipinski definition) is 1. The molecule has 1 amide bonds. The van der Waals surface area contributed by atoms with Gasteiger partial charge in [-0.2, -0.15) is 0 Å². The molecule has 8 nitrogen and oxygen atoms in total. The first-order valence-electron chi connectivity index (χ1n) is 20.1. The van der Waals surface area contributed by atoms with E-state index in [1.54, 1.807) is 4.90 Å². The van der Waals surface area contributed by atoms with Crippen molar-refractivity contribution in [2.45, 2.75) is 207 Å². The minimum atomic E-state index is -2.34. The van der Waals surface area contributed by atoms with Gasteiger partial charge in [0.05, 0.1) is 31.7 Å². The van der Waals surface area contributed by atoms with Crippen LogP contribution in [0.3, 0.4) is 0 Å². The van der Waals surface area contributed by atoms with Crippen LogP contribution in [0.15, 0.2) is 12.3 Å². The van der Waals surface area contributed by atoms with Crippen LogP contribution in [0.4, 0.5) is 4.79 Å². The molecule has 1 rings (SSSR count). The number of aliphatic hydroxyl groups excluding tert-OH is 1. The normalized spacial score (nSPS) is 19.2. The summed E-state index contributed by atoms with van der Waals surface area (Å²) >= 11 is 0. The fourth-order valence-corrected chi connectivity index (χ4v) is 20.2. The number of carbonyl (C=O) groups is 1. The van der Waals surface area contributed by atoms with Gasteiger partial charge in [-0.25, -0.2) is 4.79 Å². The van der Waals surface area contributed by atoms with Crippen molar-refractivity contribution < 1.29 is 33.0 Å². The maximum Gasteiger partial charge on any atom is 0.415 e. The monoisotopic (exact) mass is 744 g/mol. The Morgan fingerprint density at radius 3 is 1.70 bits per heavy atom. The summed E-state index contributed by atoms with van der Waals surface area (Å²) in [5.74, 6) is -0.593. The van der Waals surface area contributed by atoms with Gasteiger partial charge in [0.1, 0.15) is 0 Å². The van der Waals surface area contributed by atoms with Crippen LogP contribution in [-0.4, -0.2) is 83.1 Å². The first kappa shape index (κ1) is 47.3. The van der Waals surface area contributed by atoms with Crippen molar-refractivity contribution in [3.8, 4) is 0 Å². The Morgan fingerprint density at radius 1 is 0.780 bits per heavy atom. The van der Waals surface area contributed by atoms with Crippen LogP contribution in [0.1, 0.15) is 143 Å². The summed E-state index contributed by atoms with van der Waals surface area (Å²) in [6.45, 7) is 39.4. The zero-order chi connectivity index (χ0) is 38.6. The molecule has 0 spiro atoms. The summed E-state index contributed by atoms with van der Waals surface area (Å²) in [4.78, 5) is 14.8. The van der Waals surface area contributed by atoms with Crippen molar-refractivity contribution in [3.05, 3.63) is 12.3 Å². The Morgan fingerprint density at radius 2 is 1.28 bits per heavy atom. The first-order chi connectivity index (χ1) is 23.2. The van der Waals surface area contributed by atoms with E-state index in [0.717, 1.165) is 19.3 Å². The highest BCUT2D eigenvalue weighted by Gasteiger charge is 2.50. The summed E-state index contributed by atoms with van der Waals surface area (Å²) in [6.07, 6.45) is 5.19. The largest absolute Gasteiger partial charge is 0.418 e. The number of amides is 1. The lowest BCUT2D eigenvalue weighted by atomic mass is 9.86. The Kier molecular flexibility index (Phi) is 20.6. The highest BCUT2D eigenvalue weighted by molar-refractivity contribution is 6.78. The van der Waals surface area contributed by atoms with Crippen molar-refractivity contribution in [2.24, 2.45) is 11.8 Å². The van der Waals surface area contributed by atoms with Crippen LogP contribution in [-0.2, 0) is 23.1 Å². The quantitative estimate of drug-likeness (QED) is 0.0872. The van der Waals surface area contributed by atoms with Crippen molar-refractivity contribution >= 4 is 22.7 Å². The fraction of sp³-hybridized carbons (Fsp3) is 0.925. The third-order valence-corrected chi connectivity index (χ3v) is 23.7. The third-order valence-electron chi connectivity index (χ3n) is 11.5. The minimum absolute atomic E-state index is 0.00426. The second kappa shape index (κ2) is 21.8. The molecule has 296 valence electrons. The molecule has 0 saturated carbocycles. The molecular formula is C40H81NO7Si2. The lowest BCUT2D eigenvalue weighted by Crippen LogP contribution is -2.56. The molecule has 1 fully saturated rings. The molecule has 1 aliphatic heterocycles. The maximum absolute atomic E-state index is 13.1. The summed E-state index contributed by atoms with van der Waals surface area (Å²) in [5.41, 5.74) is 2.48. The Labute approximate surface area is 311 Å². The zero-order valence-corrected chi connectivity index (χ0v) is 37.5. The van der Waals surface area contributed by atoms with Crippen molar-refractivity contribution in [3.63, 3.8) is 0 Å². The number of carbonyl (C=O) groups excluding carboxylic acids is 1. The first-order valence-corrected chi connectivity index (χ1v) is 24.3. The van der Waals surface area contributed by atoms with E-state index in [1.165, 1.54) is 6.26 Å². The average molecular weight is 744 g/mol. The van der Waals surface area contributed by atoms with Crippen molar-refractivity contribution in [1.29, 1.82) is 0 Å². The van der Waals surface area contributed by atoms with Gasteiger partial charge >= 0.3 is 6.09 Å². The summed E-state index contributed by atoms with van der Waals surface area (Å²) < 4.78 is 32.4. The topological polar surface area (TPSA) is 86.7 Å². The minimum Gasteiger partial charge on any atom is -0.418 e. The molecule has 5 atom stereocenters. The molecule has 0 aromatic rings. The molecule has 0 aromatic heterocycles. The lowest BCUT2D eigenvalue weighted by molar-refractivity contribution is -0.165. The molecule has 1 unspecified atom stereocenters. The van der Waals surface area contributed by atoms with Gasteiger partial charge in [0.25, 0.3) is 0 Å². The molecule has 0 aliphatic carbocycles. The van der Waals surface area contributed by atoms with Gasteiger partial charge in [-0.05, 0) is 92.7 Å². The van der Waals surface area contributed by atoms with E-state index in [-0.39, 0.29) is 36.3 Å². The summed E-state index contributed by atoms with van der Waals surface area (Å²) in [7, 11) is -4.56. The van der Waals surface area contributed by atoms with Gasteiger partial charge in [0.15, 0.2) is 14.6 Å². The molecule has 1 aliphatic rings. The van der Waals surface area contributed by atoms with Gasteiger partial charge in [-0.3, -0.25) is 0 Å². The fourth-order valence-electron chi connectivity index (χ4n) is 9.14. The van der Waals surface area contributed by atoms with E-state index in [0.29, 0.717) is 59.5 Å². The molecule has 1 heterocycles.